The van der Waals surface area contributed by atoms with Crippen molar-refractivity contribution in [3.05, 3.63) is 64.7 Å². The second-order valence-corrected chi connectivity index (χ2v) is 4.53. The highest BCUT2D eigenvalue weighted by Gasteiger charge is 2.07. The highest BCUT2D eigenvalue weighted by Crippen LogP contribution is 2.21. The van der Waals surface area contributed by atoms with Gasteiger partial charge in [0.25, 0.3) is 0 Å². The van der Waals surface area contributed by atoms with Gasteiger partial charge in [0.2, 0.25) is 0 Å². The van der Waals surface area contributed by atoms with E-state index in [4.69, 9.17) is 15.7 Å². The van der Waals surface area contributed by atoms with Gasteiger partial charge in [-0.05, 0) is 36.2 Å². The zero-order valence-corrected chi connectivity index (χ0v) is 11.3. The van der Waals surface area contributed by atoms with Crippen LogP contribution >= 0.6 is 0 Å². The number of nitrogens with zero attached hydrogens (tertiary/aromatic N) is 1. The summed E-state index contributed by atoms with van der Waals surface area (Å²) >= 11 is 0. The van der Waals surface area contributed by atoms with Crippen molar-refractivity contribution in [3.63, 3.8) is 0 Å². The van der Waals surface area contributed by atoms with Crippen LogP contribution in [0.5, 0.6) is 5.75 Å². The molecule has 0 aromatic heterocycles. The smallest absolute Gasteiger partial charge is 0.170 e. The van der Waals surface area contributed by atoms with E-state index in [9.17, 15) is 8.78 Å². The van der Waals surface area contributed by atoms with Crippen LogP contribution in [0.1, 0.15) is 16.7 Å². The van der Waals surface area contributed by atoms with Crippen molar-refractivity contribution in [1.82, 2.24) is 0 Å². The van der Waals surface area contributed by atoms with Crippen LogP contribution in [-0.2, 0) is 6.61 Å². The van der Waals surface area contributed by atoms with E-state index in [2.05, 4.69) is 5.16 Å². The van der Waals surface area contributed by atoms with Crippen molar-refractivity contribution in [2.45, 2.75) is 13.5 Å². The fourth-order valence-corrected chi connectivity index (χ4v) is 1.83. The number of hydrogen-bond acceptors (Lipinski definition) is 3. The van der Waals surface area contributed by atoms with Crippen molar-refractivity contribution in [2.24, 2.45) is 10.9 Å². The van der Waals surface area contributed by atoms with Crippen LogP contribution in [0.15, 0.2) is 41.6 Å². The van der Waals surface area contributed by atoms with Crippen LogP contribution in [0.3, 0.4) is 0 Å². The summed E-state index contributed by atoms with van der Waals surface area (Å²) in [6.45, 7) is 1.83. The van der Waals surface area contributed by atoms with Gasteiger partial charge in [-0.25, -0.2) is 8.78 Å². The summed E-state index contributed by atoms with van der Waals surface area (Å²) in [4.78, 5) is 0. The largest absolute Gasteiger partial charge is 0.489 e. The number of aryl methyl sites for hydroxylation is 1. The molecule has 21 heavy (non-hydrogen) atoms. The summed E-state index contributed by atoms with van der Waals surface area (Å²) in [6, 6.07) is 8.22. The van der Waals surface area contributed by atoms with Crippen molar-refractivity contribution in [2.75, 3.05) is 0 Å². The minimum absolute atomic E-state index is 0.00907. The van der Waals surface area contributed by atoms with Crippen molar-refractivity contribution < 1.29 is 18.7 Å². The first-order valence-electron chi connectivity index (χ1n) is 6.16. The monoisotopic (exact) mass is 292 g/mol. The summed E-state index contributed by atoms with van der Waals surface area (Å²) in [6.07, 6.45) is 0. The number of benzene rings is 2. The molecule has 2 aromatic carbocycles. The number of nitrogens with two attached hydrogens (primary N) is 1. The summed E-state index contributed by atoms with van der Waals surface area (Å²) in [5.74, 6) is -0.869. The third-order valence-electron chi connectivity index (χ3n) is 2.91. The molecular weight excluding hydrogens is 278 g/mol. The van der Waals surface area contributed by atoms with E-state index >= 15 is 0 Å². The van der Waals surface area contributed by atoms with Gasteiger partial charge in [0.1, 0.15) is 24.0 Å². The zero-order valence-electron chi connectivity index (χ0n) is 11.3. The molecule has 0 heterocycles. The average molecular weight is 292 g/mol. The van der Waals surface area contributed by atoms with Gasteiger partial charge in [-0.15, -0.1) is 0 Å². The number of hydrogen-bond donors (Lipinski definition) is 2. The molecule has 0 saturated carbocycles. The predicted molar refractivity (Wildman–Crippen MR) is 74.4 cm³/mol. The van der Waals surface area contributed by atoms with E-state index in [-0.39, 0.29) is 12.4 Å². The highest BCUT2D eigenvalue weighted by atomic mass is 19.1. The van der Waals surface area contributed by atoms with Gasteiger partial charge in [0, 0.05) is 11.6 Å². The molecule has 2 rings (SSSR count). The molecule has 0 amide bonds. The molecule has 3 N–H and O–H groups in total. The van der Waals surface area contributed by atoms with Gasteiger partial charge < -0.3 is 15.7 Å². The first kappa shape index (κ1) is 14.8. The summed E-state index contributed by atoms with van der Waals surface area (Å²) in [7, 11) is 0. The molecule has 2 aromatic rings. The summed E-state index contributed by atoms with van der Waals surface area (Å²) in [5.41, 5.74) is 7.19. The average Bonchev–Trinajstić information content (AvgIpc) is 2.44. The Bertz CT molecular complexity index is 667. The Hall–Kier alpha value is -2.63. The first-order valence-corrected chi connectivity index (χ1v) is 6.16. The lowest BCUT2D eigenvalue weighted by molar-refractivity contribution is 0.302. The van der Waals surface area contributed by atoms with E-state index in [0.29, 0.717) is 16.9 Å². The number of halogens is 2. The van der Waals surface area contributed by atoms with Gasteiger partial charge in [-0.1, -0.05) is 17.3 Å². The van der Waals surface area contributed by atoms with Crippen LogP contribution < -0.4 is 10.5 Å². The molecule has 0 aliphatic carbocycles. The topological polar surface area (TPSA) is 67.8 Å². The molecule has 0 atom stereocenters. The van der Waals surface area contributed by atoms with Gasteiger partial charge in [0.15, 0.2) is 5.84 Å². The van der Waals surface area contributed by atoms with Crippen molar-refractivity contribution >= 4 is 5.84 Å². The Kier molecular flexibility index (Phi) is 4.37. The van der Waals surface area contributed by atoms with Crippen LogP contribution in [-0.4, -0.2) is 11.0 Å². The summed E-state index contributed by atoms with van der Waals surface area (Å²) in [5, 5.41) is 11.6. The second-order valence-electron chi connectivity index (χ2n) is 4.53. The maximum atomic E-state index is 13.1. The molecular formula is C15H14F2N2O2. The van der Waals surface area contributed by atoms with Crippen molar-refractivity contribution in [3.8, 4) is 5.75 Å². The van der Waals surface area contributed by atoms with E-state index in [0.717, 1.165) is 11.6 Å². The number of oxime groups is 1. The van der Waals surface area contributed by atoms with E-state index in [1.807, 2.05) is 6.92 Å². The van der Waals surface area contributed by atoms with Crippen LogP contribution in [0.4, 0.5) is 8.78 Å². The molecule has 0 aliphatic heterocycles. The molecule has 0 unspecified atom stereocenters. The fourth-order valence-electron chi connectivity index (χ4n) is 1.83. The lowest BCUT2D eigenvalue weighted by atomic mass is 10.1. The molecule has 6 heteroatoms. The van der Waals surface area contributed by atoms with Gasteiger partial charge in [0.05, 0.1) is 0 Å². The molecule has 0 radical (unpaired) electrons. The van der Waals surface area contributed by atoms with Gasteiger partial charge in [-0.3, -0.25) is 0 Å². The lowest BCUT2D eigenvalue weighted by Gasteiger charge is -2.11. The highest BCUT2D eigenvalue weighted by molar-refractivity contribution is 5.97. The van der Waals surface area contributed by atoms with E-state index < -0.39 is 11.6 Å². The molecule has 0 spiro atoms. The Labute approximate surface area is 120 Å². The van der Waals surface area contributed by atoms with Crippen LogP contribution in [0.25, 0.3) is 0 Å². The standard InChI is InChI=1S/C15H14F2N2O2/c1-9-2-3-11(15(18)19-20)6-14(9)21-8-10-4-12(16)7-13(17)5-10/h2-7,20H,8H2,1H3,(H2,18,19). The Morgan fingerprint density at radius 1 is 1.19 bits per heavy atom. The summed E-state index contributed by atoms with van der Waals surface area (Å²) < 4.78 is 31.7. The Balaban J connectivity index is 2.19. The second kappa shape index (κ2) is 6.21. The normalized spacial score (nSPS) is 11.5. The molecule has 4 nitrogen and oxygen atoms in total. The van der Waals surface area contributed by atoms with E-state index in [1.165, 1.54) is 12.1 Å². The minimum Gasteiger partial charge on any atom is -0.489 e. The van der Waals surface area contributed by atoms with E-state index in [1.54, 1.807) is 18.2 Å². The molecule has 110 valence electrons. The Morgan fingerprint density at radius 2 is 1.86 bits per heavy atom. The Morgan fingerprint density at radius 3 is 2.48 bits per heavy atom. The lowest BCUT2D eigenvalue weighted by Crippen LogP contribution is -2.13. The number of ether oxygens (including phenoxy) is 1. The van der Waals surface area contributed by atoms with Crippen LogP contribution in [0, 0.1) is 18.6 Å². The predicted octanol–water partition coefficient (Wildman–Crippen LogP) is 2.95. The van der Waals surface area contributed by atoms with Crippen molar-refractivity contribution in [1.29, 1.82) is 0 Å². The SMILES string of the molecule is Cc1ccc(/C(N)=N/O)cc1OCc1cc(F)cc(F)c1. The maximum Gasteiger partial charge on any atom is 0.170 e. The molecule has 0 bridgehead atoms. The maximum absolute atomic E-state index is 13.1. The quantitative estimate of drug-likeness (QED) is 0.394. The zero-order chi connectivity index (χ0) is 15.4. The molecule has 0 fully saturated rings. The third kappa shape index (κ3) is 3.68. The minimum atomic E-state index is -0.657. The third-order valence-corrected chi connectivity index (χ3v) is 2.91. The molecule has 0 aliphatic rings. The fraction of sp³-hybridized carbons (Fsp3) is 0.133. The van der Waals surface area contributed by atoms with Gasteiger partial charge in [-0.2, -0.15) is 0 Å². The first-order chi connectivity index (χ1) is 9.99. The van der Waals surface area contributed by atoms with Crippen LogP contribution in [0.2, 0.25) is 0 Å². The number of amidine groups is 1. The number of rotatable bonds is 4. The molecule has 0 saturated heterocycles. The van der Waals surface area contributed by atoms with Gasteiger partial charge >= 0.3 is 0 Å².